The van der Waals surface area contributed by atoms with E-state index in [2.05, 4.69) is 4.98 Å². The Morgan fingerprint density at radius 1 is 1.33 bits per heavy atom. The summed E-state index contributed by atoms with van der Waals surface area (Å²) in [5.74, 6) is -0.297. The molecule has 0 aliphatic rings. The van der Waals surface area contributed by atoms with Crippen molar-refractivity contribution in [1.29, 1.82) is 0 Å². The summed E-state index contributed by atoms with van der Waals surface area (Å²) in [5.41, 5.74) is 5.25. The standard InChI is InChI=1S/C14H13F3N2OS/c15-14(16,17)10-3-1-2-9(6-10)7-12(20)11-8-21-13(19-11)4-5-18/h1-3,6,8H,4-5,7,18H2. The van der Waals surface area contributed by atoms with E-state index in [0.717, 1.165) is 17.1 Å². The van der Waals surface area contributed by atoms with Gasteiger partial charge in [0.2, 0.25) is 0 Å². The van der Waals surface area contributed by atoms with Crippen molar-refractivity contribution in [2.75, 3.05) is 6.54 Å². The molecule has 0 aliphatic carbocycles. The second-order valence-corrected chi connectivity index (χ2v) is 5.41. The zero-order chi connectivity index (χ0) is 15.5. The Balaban J connectivity index is 2.12. The largest absolute Gasteiger partial charge is 0.416 e. The van der Waals surface area contributed by atoms with E-state index in [1.807, 2.05) is 0 Å². The molecule has 21 heavy (non-hydrogen) atoms. The van der Waals surface area contributed by atoms with Gasteiger partial charge in [-0.1, -0.05) is 18.2 Å². The molecule has 2 N–H and O–H groups in total. The molecule has 112 valence electrons. The molecule has 0 saturated heterocycles. The highest BCUT2D eigenvalue weighted by atomic mass is 32.1. The average molecular weight is 314 g/mol. The lowest BCUT2D eigenvalue weighted by Gasteiger charge is -2.07. The predicted molar refractivity (Wildman–Crippen MR) is 74.4 cm³/mol. The summed E-state index contributed by atoms with van der Waals surface area (Å²) in [4.78, 5) is 16.2. The van der Waals surface area contributed by atoms with Crippen molar-refractivity contribution < 1.29 is 18.0 Å². The van der Waals surface area contributed by atoms with Crippen LogP contribution in [0.1, 0.15) is 26.6 Å². The van der Waals surface area contributed by atoms with E-state index in [0.29, 0.717) is 18.5 Å². The molecule has 0 atom stereocenters. The molecule has 1 aromatic carbocycles. The minimum atomic E-state index is -4.41. The molecule has 2 aromatic rings. The molecule has 0 saturated carbocycles. The van der Waals surface area contributed by atoms with Gasteiger partial charge in [-0.2, -0.15) is 13.2 Å². The molecule has 3 nitrogen and oxygen atoms in total. The lowest BCUT2D eigenvalue weighted by Crippen LogP contribution is -2.08. The van der Waals surface area contributed by atoms with Gasteiger partial charge in [-0.15, -0.1) is 11.3 Å². The first-order chi connectivity index (χ1) is 9.90. The van der Waals surface area contributed by atoms with Crippen molar-refractivity contribution in [3.8, 4) is 0 Å². The Hall–Kier alpha value is -1.73. The molecule has 2 rings (SSSR count). The summed E-state index contributed by atoms with van der Waals surface area (Å²) in [6.45, 7) is 0.439. The minimum absolute atomic E-state index is 0.101. The number of rotatable bonds is 5. The van der Waals surface area contributed by atoms with Gasteiger partial charge < -0.3 is 5.73 Å². The van der Waals surface area contributed by atoms with Crippen molar-refractivity contribution in [1.82, 2.24) is 4.98 Å². The Labute approximate surface area is 123 Å². The maximum Gasteiger partial charge on any atom is 0.416 e. The predicted octanol–water partition coefficient (Wildman–Crippen LogP) is 3.09. The van der Waals surface area contributed by atoms with Crippen LogP contribution in [-0.2, 0) is 19.0 Å². The van der Waals surface area contributed by atoms with Gasteiger partial charge in [0.05, 0.1) is 10.6 Å². The van der Waals surface area contributed by atoms with Crippen LogP contribution in [-0.4, -0.2) is 17.3 Å². The first-order valence-electron chi connectivity index (χ1n) is 6.24. The smallest absolute Gasteiger partial charge is 0.330 e. The van der Waals surface area contributed by atoms with Crippen LogP contribution in [0.2, 0.25) is 0 Å². The van der Waals surface area contributed by atoms with Gasteiger partial charge in [-0.3, -0.25) is 4.79 Å². The van der Waals surface area contributed by atoms with Crippen molar-refractivity contribution in [2.24, 2.45) is 5.73 Å². The zero-order valence-electron chi connectivity index (χ0n) is 11.0. The molecule has 1 heterocycles. The normalized spacial score (nSPS) is 11.6. The molecule has 0 amide bonds. The Morgan fingerprint density at radius 3 is 2.76 bits per heavy atom. The maximum atomic E-state index is 12.6. The van der Waals surface area contributed by atoms with Crippen LogP contribution in [0.3, 0.4) is 0 Å². The second kappa shape index (κ2) is 6.36. The quantitative estimate of drug-likeness (QED) is 0.863. The first kappa shape index (κ1) is 15.7. The number of nitrogens with zero attached hydrogens (tertiary/aromatic N) is 1. The van der Waals surface area contributed by atoms with Crippen molar-refractivity contribution in [3.05, 3.63) is 51.5 Å². The highest BCUT2D eigenvalue weighted by Crippen LogP contribution is 2.29. The Morgan fingerprint density at radius 2 is 2.10 bits per heavy atom. The number of ketones is 1. The zero-order valence-corrected chi connectivity index (χ0v) is 11.8. The van der Waals surface area contributed by atoms with E-state index in [-0.39, 0.29) is 17.9 Å². The highest BCUT2D eigenvalue weighted by Gasteiger charge is 2.30. The molecule has 1 aromatic heterocycles. The van der Waals surface area contributed by atoms with Gasteiger partial charge in [-0.05, 0) is 18.2 Å². The molecule has 0 aliphatic heterocycles. The third kappa shape index (κ3) is 4.12. The third-order valence-electron chi connectivity index (χ3n) is 2.81. The number of carbonyl (C=O) groups excluding carboxylic acids is 1. The van der Waals surface area contributed by atoms with Crippen molar-refractivity contribution >= 4 is 17.1 Å². The van der Waals surface area contributed by atoms with Crippen LogP contribution in [0.5, 0.6) is 0 Å². The summed E-state index contributed by atoms with van der Waals surface area (Å²) in [6, 6.07) is 4.77. The van der Waals surface area contributed by atoms with E-state index in [4.69, 9.17) is 5.73 Å². The van der Waals surface area contributed by atoms with Crippen molar-refractivity contribution in [2.45, 2.75) is 19.0 Å². The van der Waals surface area contributed by atoms with E-state index < -0.39 is 11.7 Å². The van der Waals surface area contributed by atoms with E-state index in [1.54, 1.807) is 5.38 Å². The van der Waals surface area contributed by atoms with Gasteiger partial charge in [-0.25, -0.2) is 4.98 Å². The number of nitrogens with two attached hydrogens (primary N) is 1. The van der Waals surface area contributed by atoms with Gasteiger partial charge in [0.15, 0.2) is 5.78 Å². The number of halogens is 3. The molecule has 0 spiro atoms. The number of benzene rings is 1. The number of alkyl halides is 3. The van der Waals surface area contributed by atoms with E-state index >= 15 is 0 Å². The number of hydrogen-bond donors (Lipinski definition) is 1. The molecular weight excluding hydrogens is 301 g/mol. The van der Waals surface area contributed by atoms with Crippen LogP contribution >= 0.6 is 11.3 Å². The Kier molecular flexibility index (Phi) is 4.74. The maximum absolute atomic E-state index is 12.6. The molecule has 0 radical (unpaired) electrons. The summed E-state index contributed by atoms with van der Waals surface area (Å²) in [6.07, 6.45) is -3.93. The third-order valence-corrected chi connectivity index (χ3v) is 3.72. The van der Waals surface area contributed by atoms with E-state index in [9.17, 15) is 18.0 Å². The fourth-order valence-corrected chi connectivity index (χ4v) is 2.63. The van der Waals surface area contributed by atoms with E-state index in [1.165, 1.54) is 23.5 Å². The first-order valence-corrected chi connectivity index (χ1v) is 7.12. The fourth-order valence-electron chi connectivity index (χ4n) is 1.81. The number of aromatic nitrogens is 1. The summed E-state index contributed by atoms with van der Waals surface area (Å²) < 4.78 is 37.8. The second-order valence-electron chi connectivity index (χ2n) is 4.46. The van der Waals surface area contributed by atoms with Gasteiger partial charge in [0.25, 0.3) is 0 Å². The van der Waals surface area contributed by atoms with Gasteiger partial charge in [0.1, 0.15) is 5.69 Å². The number of Topliss-reactive ketones (excluding diaryl/α,β-unsaturated/α-hetero) is 1. The lowest BCUT2D eigenvalue weighted by molar-refractivity contribution is -0.137. The molecule has 0 fully saturated rings. The van der Waals surface area contributed by atoms with Crippen molar-refractivity contribution in [3.63, 3.8) is 0 Å². The average Bonchev–Trinajstić information content (AvgIpc) is 2.87. The van der Waals surface area contributed by atoms with Crippen LogP contribution in [0.15, 0.2) is 29.6 Å². The molecule has 0 bridgehead atoms. The summed E-state index contributed by atoms with van der Waals surface area (Å²) >= 11 is 1.33. The van der Waals surface area contributed by atoms with Gasteiger partial charge in [0, 0.05) is 18.2 Å². The lowest BCUT2D eigenvalue weighted by atomic mass is 10.0. The monoisotopic (exact) mass is 314 g/mol. The summed E-state index contributed by atoms with van der Waals surface area (Å²) in [7, 11) is 0. The summed E-state index contributed by atoms with van der Waals surface area (Å²) in [5, 5.41) is 2.37. The molecular formula is C14H13F3N2OS. The van der Waals surface area contributed by atoms with Crippen LogP contribution < -0.4 is 5.73 Å². The van der Waals surface area contributed by atoms with Gasteiger partial charge >= 0.3 is 6.18 Å². The Bertz CT molecular complexity index is 637. The molecule has 7 heteroatoms. The van der Waals surface area contributed by atoms with Crippen LogP contribution in [0.25, 0.3) is 0 Å². The van der Waals surface area contributed by atoms with Crippen LogP contribution in [0.4, 0.5) is 13.2 Å². The topological polar surface area (TPSA) is 56.0 Å². The minimum Gasteiger partial charge on any atom is -0.330 e. The fraction of sp³-hybridized carbons (Fsp3) is 0.286. The number of carbonyl (C=O) groups is 1. The SMILES string of the molecule is NCCc1nc(C(=O)Cc2cccc(C(F)(F)F)c2)cs1. The number of hydrogen-bond acceptors (Lipinski definition) is 4. The number of thiazole rings is 1. The molecule has 0 unspecified atom stereocenters. The highest BCUT2D eigenvalue weighted by molar-refractivity contribution is 7.09. The van der Waals surface area contributed by atoms with Crippen LogP contribution in [0, 0.1) is 0 Å².